The predicted molar refractivity (Wildman–Crippen MR) is 70.5 cm³/mol. The van der Waals surface area contributed by atoms with Gasteiger partial charge in [0.1, 0.15) is 0 Å². The number of nitrogens with one attached hydrogen (secondary N) is 1. The Morgan fingerprint density at radius 2 is 1.44 bits per heavy atom. The molecule has 0 spiro atoms. The van der Waals surface area contributed by atoms with Crippen LogP contribution in [0.1, 0.15) is 78.1 Å². The first kappa shape index (κ1) is 15.5. The first-order chi connectivity index (χ1) is 7.81. The van der Waals surface area contributed by atoms with Gasteiger partial charge in [-0.25, -0.2) is 0 Å². The standard InChI is InChI=1S/C10H22.C4H7NO/c1-3-5-7-9-10-8-6-4-2;6-4-2-1-3-5-4/h3-10H2,1-2H3;1-3H2,(H,5,6). The lowest BCUT2D eigenvalue weighted by Gasteiger charge is -1.97. The maximum absolute atomic E-state index is 10.1. The molecule has 1 aliphatic heterocycles. The van der Waals surface area contributed by atoms with Gasteiger partial charge in [-0.2, -0.15) is 0 Å². The third-order valence-electron chi connectivity index (χ3n) is 2.86. The van der Waals surface area contributed by atoms with E-state index in [9.17, 15) is 4.79 Å². The molecule has 0 aromatic carbocycles. The van der Waals surface area contributed by atoms with Crippen LogP contribution in [-0.4, -0.2) is 12.5 Å². The second kappa shape index (κ2) is 12.5. The number of hydrogen-bond donors (Lipinski definition) is 1. The Hall–Kier alpha value is -0.530. The highest BCUT2D eigenvalue weighted by molar-refractivity contribution is 5.77. The van der Waals surface area contributed by atoms with Crippen molar-refractivity contribution in [2.75, 3.05) is 6.54 Å². The van der Waals surface area contributed by atoms with E-state index >= 15 is 0 Å². The van der Waals surface area contributed by atoms with Crippen LogP contribution < -0.4 is 5.32 Å². The summed E-state index contributed by atoms with van der Waals surface area (Å²) in [5, 5.41) is 2.68. The molecule has 2 heteroatoms. The molecule has 0 bridgehead atoms. The molecule has 1 N–H and O–H groups in total. The maximum Gasteiger partial charge on any atom is 0.220 e. The summed E-state index contributed by atoms with van der Waals surface area (Å²) in [7, 11) is 0. The van der Waals surface area contributed by atoms with E-state index in [4.69, 9.17) is 0 Å². The first-order valence-electron chi connectivity index (χ1n) is 7.08. The summed E-state index contributed by atoms with van der Waals surface area (Å²) in [5.41, 5.74) is 0. The van der Waals surface area contributed by atoms with Crippen molar-refractivity contribution < 1.29 is 4.79 Å². The number of carbonyl (C=O) groups is 1. The SMILES string of the molecule is CCCCCCCCCC.O=C1CCCN1. The molecule has 0 radical (unpaired) electrons. The van der Waals surface area contributed by atoms with Crippen LogP contribution in [0.5, 0.6) is 0 Å². The van der Waals surface area contributed by atoms with Crippen molar-refractivity contribution in [2.45, 2.75) is 78.1 Å². The van der Waals surface area contributed by atoms with Crippen molar-refractivity contribution >= 4 is 5.91 Å². The van der Waals surface area contributed by atoms with Crippen LogP contribution in [0, 0.1) is 0 Å². The number of hydrogen-bond acceptors (Lipinski definition) is 1. The van der Waals surface area contributed by atoms with Crippen LogP contribution in [0.25, 0.3) is 0 Å². The molecule has 0 atom stereocenters. The minimum absolute atomic E-state index is 0.204. The van der Waals surface area contributed by atoms with E-state index in [0.717, 1.165) is 19.4 Å². The van der Waals surface area contributed by atoms with Crippen LogP contribution in [-0.2, 0) is 4.79 Å². The van der Waals surface area contributed by atoms with Crippen LogP contribution >= 0.6 is 0 Å². The van der Waals surface area contributed by atoms with Gasteiger partial charge in [-0.05, 0) is 6.42 Å². The quantitative estimate of drug-likeness (QED) is 0.653. The normalized spacial score (nSPS) is 14.2. The zero-order valence-electron chi connectivity index (χ0n) is 11.2. The summed E-state index contributed by atoms with van der Waals surface area (Å²) < 4.78 is 0. The van der Waals surface area contributed by atoms with Crippen molar-refractivity contribution in [3.05, 3.63) is 0 Å². The zero-order valence-corrected chi connectivity index (χ0v) is 11.2. The van der Waals surface area contributed by atoms with Gasteiger partial charge in [0.2, 0.25) is 5.91 Å². The minimum Gasteiger partial charge on any atom is -0.356 e. The fourth-order valence-corrected chi connectivity index (χ4v) is 1.77. The summed E-state index contributed by atoms with van der Waals surface area (Å²) in [5.74, 6) is 0.204. The molecule has 1 amide bonds. The Balaban J connectivity index is 0.000000315. The van der Waals surface area contributed by atoms with Gasteiger partial charge in [-0.3, -0.25) is 4.79 Å². The van der Waals surface area contributed by atoms with E-state index in [2.05, 4.69) is 19.2 Å². The van der Waals surface area contributed by atoms with E-state index in [1.807, 2.05) is 0 Å². The van der Waals surface area contributed by atoms with Gasteiger partial charge in [0.15, 0.2) is 0 Å². The smallest absolute Gasteiger partial charge is 0.220 e. The van der Waals surface area contributed by atoms with E-state index in [-0.39, 0.29) is 5.91 Å². The largest absolute Gasteiger partial charge is 0.356 e. The minimum atomic E-state index is 0.204. The highest BCUT2D eigenvalue weighted by atomic mass is 16.1. The molecule has 1 aliphatic rings. The summed E-state index contributed by atoms with van der Waals surface area (Å²) in [6, 6.07) is 0. The number of unbranched alkanes of at least 4 members (excludes halogenated alkanes) is 7. The number of carbonyl (C=O) groups excluding carboxylic acids is 1. The van der Waals surface area contributed by atoms with Gasteiger partial charge < -0.3 is 5.32 Å². The number of rotatable bonds is 7. The molecular weight excluding hydrogens is 198 g/mol. The molecule has 1 saturated heterocycles. The van der Waals surface area contributed by atoms with Gasteiger partial charge in [-0.15, -0.1) is 0 Å². The Morgan fingerprint density at radius 1 is 0.938 bits per heavy atom. The average Bonchev–Trinajstić information content (AvgIpc) is 2.75. The van der Waals surface area contributed by atoms with Crippen molar-refractivity contribution in [1.29, 1.82) is 0 Å². The summed E-state index contributed by atoms with van der Waals surface area (Å²) >= 11 is 0. The lowest BCUT2D eigenvalue weighted by molar-refractivity contribution is -0.119. The molecule has 0 aromatic rings. The summed E-state index contributed by atoms with van der Waals surface area (Å²) in [6.07, 6.45) is 13.2. The molecule has 2 nitrogen and oxygen atoms in total. The molecule has 0 aromatic heterocycles. The summed E-state index contributed by atoms with van der Waals surface area (Å²) in [6.45, 7) is 5.43. The van der Waals surface area contributed by atoms with Crippen LogP contribution in [0.15, 0.2) is 0 Å². The van der Waals surface area contributed by atoms with Gasteiger partial charge in [0.25, 0.3) is 0 Å². The second-order valence-corrected chi connectivity index (χ2v) is 4.57. The van der Waals surface area contributed by atoms with Crippen molar-refractivity contribution in [3.63, 3.8) is 0 Å². The molecule has 1 fully saturated rings. The molecule has 16 heavy (non-hydrogen) atoms. The van der Waals surface area contributed by atoms with Crippen LogP contribution in [0.2, 0.25) is 0 Å². The Labute approximate surface area is 101 Å². The average molecular weight is 227 g/mol. The Kier molecular flexibility index (Phi) is 12.1. The third kappa shape index (κ3) is 11.5. The molecule has 0 aliphatic carbocycles. The van der Waals surface area contributed by atoms with Crippen LogP contribution in [0.4, 0.5) is 0 Å². The zero-order chi connectivity index (χ0) is 12.1. The van der Waals surface area contributed by atoms with Gasteiger partial charge in [-0.1, -0.05) is 65.2 Å². The topological polar surface area (TPSA) is 29.1 Å². The van der Waals surface area contributed by atoms with E-state index in [1.165, 1.54) is 51.4 Å². The summed E-state index contributed by atoms with van der Waals surface area (Å²) in [4.78, 5) is 10.1. The molecule has 96 valence electrons. The maximum atomic E-state index is 10.1. The lowest BCUT2D eigenvalue weighted by atomic mass is 10.1. The lowest BCUT2D eigenvalue weighted by Crippen LogP contribution is -2.12. The van der Waals surface area contributed by atoms with Crippen molar-refractivity contribution in [1.82, 2.24) is 5.32 Å². The molecule has 0 saturated carbocycles. The number of amides is 1. The highest BCUT2D eigenvalue weighted by Crippen LogP contribution is 2.07. The molecule has 1 rings (SSSR count). The van der Waals surface area contributed by atoms with Gasteiger partial charge >= 0.3 is 0 Å². The van der Waals surface area contributed by atoms with Gasteiger partial charge in [0.05, 0.1) is 0 Å². The van der Waals surface area contributed by atoms with Crippen molar-refractivity contribution in [3.8, 4) is 0 Å². The van der Waals surface area contributed by atoms with E-state index < -0.39 is 0 Å². The van der Waals surface area contributed by atoms with Crippen molar-refractivity contribution in [2.24, 2.45) is 0 Å². The third-order valence-corrected chi connectivity index (χ3v) is 2.86. The fourth-order valence-electron chi connectivity index (χ4n) is 1.77. The second-order valence-electron chi connectivity index (χ2n) is 4.57. The molecule has 1 heterocycles. The predicted octanol–water partition coefficient (Wildman–Crippen LogP) is 4.04. The van der Waals surface area contributed by atoms with E-state index in [0.29, 0.717) is 0 Å². The first-order valence-corrected chi connectivity index (χ1v) is 7.08. The highest BCUT2D eigenvalue weighted by Gasteiger charge is 2.05. The van der Waals surface area contributed by atoms with Crippen LogP contribution in [0.3, 0.4) is 0 Å². The Morgan fingerprint density at radius 3 is 1.69 bits per heavy atom. The fraction of sp³-hybridized carbons (Fsp3) is 0.929. The van der Waals surface area contributed by atoms with Gasteiger partial charge in [0, 0.05) is 13.0 Å². The monoisotopic (exact) mass is 227 g/mol. The molecular formula is C14H29NO. The Bertz CT molecular complexity index is 141. The molecule has 0 unspecified atom stereocenters. The van der Waals surface area contributed by atoms with E-state index in [1.54, 1.807) is 0 Å².